The number of likely N-dealkylation sites (tertiary alicyclic amines) is 1. The van der Waals surface area contributed by atoms with Gasteiger partial charge in [-0.15, -0.1) is 0 Å². The molecule has 2 fully saturated rings. The van der Waals surface area contributed by atoms with E-state index in [1.807, 2.05) is 17.2 Å². The molecule has 1 atom stereocenters. The molecule has 0 N–H and O–H groups in total. The third-order valence-corrected chi connectivity index (χ3v) is 4.51. The monoisotopic (exact) mass is 273 g/mol. The van der Waals surface area contributed by atoms with Gasteiger partial charge in [0, 0.05) is 31.4 Å². The Morgan fingerprint density at radius 2 is 1.90 bits per heavy atom. The van der Waals surface area contributed by atoms with E-state index in [-0.39, 0.29) is 6.04 Å². The van der Waals surface area contributed by atoms with Gasteiger partial charge in [0.25, 0.3) is 0 Å². The van der Waals surface area contributed by atoms with Gasteiger partial charge < -0.3 is 9.80 Å². The van der Waals surface area contributed by atoms with Crippen LogP contribution >= 0.6 is 0 Å². The fraction of sp³-hybridized carbons (Fsp3) is 0.625. The van der Waals surface area contributed by atoms with Crippen LogP contribution in [-0.4, -0.2) is 35.9 Å². The average molecular weight is 273 g/mol. The van der Waals surface area contributed by atoms with Crippen LogP contribution in [-0.2, 0) is 4.79 Å². The lowest BCUT2D eigenvalue weighted by Gasteiger charge is -2.28. The first-order chi connectivity index (χ1) is 9.90. The lowest BCUT2D eigenvalue weighted by Crippen LogP contribution is -2.29. The molecule has 0 aliphatic carbocycles. The van der Waals surface area contributed by atoms with E-state index < -0.39 is 0 Å². The smallest absolute Gasteiger partial charge is 0.210 e. The largest absolute Gasteiger partial charge is 0.356 e. The molecule has 4 nitrogen and oxygen atoms in total. The predicted octanol–water partition coefficient (Wildman–Crippen LogP) is 2.76. The first-order valence-electron chi connectivity index (χ1n) is 7.81. The van der Waals surface area contributed by atoms with Crippen molar-refractivity contribution in [3.05, 3.63) is 23.9 Å². The molecule has 1 aromatic heterocycles. The van der Waals surface area contributed by atoms with E-state index in [0.717, 1.165) is 44.7 Å². The summed E-state index contributed by atoms with van der Waals surface area (Å²) in [6.45, 7) is 3.07. The van der Waals surface area contributed by atoms with Crippen LogP contribution in [0, 0.1) is 0 Å². The second-order valence-corrected chi connectivity index (χ2v) is 5.82. The van der Waals surface area contributed by atoms with Crippen molar-refractivity contribution in [3.8, 4) is 0 Å². The van der Waals surface area contributed by atoms with E-state index in [9.17, 15) is 4.79 Å². The zero-order valence-electron chi connectivity index (χ0n) is 12.0. The Morgan fingerprint density at radius 3 is 2.65 bits per heavy atom. The van der Waals surface area contributed by atoms with Gasteiger partial charge in [0.15, 0.2) is 0 Å². The minimum atomic E-state index is 0.222. The summed E-state index contributed by atoms with van der Waals surface area (Å²) < 4.78 is 0. The van der Waals surface area contributed by atoms with E-state index in [0.29, 0.717) is 0 Å². The molecule has 1 aromatic rings. The van der Waals surface area contributed by atoms with E-state index in [2.05, 4.69) is 16.0 Å². The second-order valence-electron chi connectivity index (χ2n) is 5.82. The van der Waals surface area contributed by atoms with Crippen molar-refractivity contribution in [2.24, 2.45) is 0 Å². The SMILES string of the molecule is O=CN1CCC[C@@H]1c1cccnc1N1CCCCCC1. The van der Waals surface area contributed by atoms with Crippen molar-refractivity contribution in [1.29, 1.82) is 0 Å². The summed E-state index contributed by atoms with van der Waals surface area (Å²) in [6, 6.07) is 4.37. The molecule has 0 radical (unpaired) electrons. The predicted molar refractivity (Wildman–Crippen MR) is 79.7 cm³/mol. The van der Waals surface area contributed by atoms with Crippen LogP contribution < -0.4 is 4.90 Å². The van der Waals surface area contributed by atoms with Gasteiger partial charge in [-0.1, -0.05) is 18.9 Å². The van der Waals surface area contributed by atoms with E-state index >= 15 is 0 Å². The Balaban J connectivity index is 1.89. The number of hydrogen-bond acceptors (Lipinski definition) is 3. The Hall–Kier alpha value is -1.58. The molecule has 3 heterocycles. The number of hydrogen-bond donors (Lipinski definition) is 0. The Labute approximate surface area is 120 Å². The van der Waals surface area contributed by atoms with Gasteiger partial charge in [0.2, 0.25) is 6.41 Å². The number of amides is 1. The molecular formula is C16H23N3O. The number of rotatable bonds is 3. The molecule has 0 spiro atoms. The van der Waals surface area contributed by atoms with E-state index in [4.69, 9.17) is 0 Å². The highest BCUT2D eigenvalue weighted by atomic mass is 16.1. The molecular weight excluding hydrogens is 250 g/mol. The van der Waals surface area contributed by atoms with Crippen LogP contribution in [0.3, 0.4) is 0 Å². The summed E-state index contributed by atoms with van der Waals surface area (Å²) >= 11 is 0. The standard InChI is InChI=1S/C16H23N3O/c20-13-19-12-6-8-15(19)14-7-5-9-17-16(14)18-10-3-1-2-4-11-18/h5,7,9,13,15H,1-4,6,8,10-12H2/t15-/m1/s1. The van der Waals surface area contributed by atoms with Crippen LogP contribution in [0.1, 0.15) is 50.1 Å². The van der Waals surface area contributed by atoms with Crippen molar-refractivity contribution in [1.82, 2.24) is 9.88 Å². The van der Waals surface area contributed by atoms with Gasteiger partial charge in [-0.2, -0.15) is 0 Å². The number of pyridine rings is 1. The first-order valence-corrected chi connectivity index (χ1v) is 7.81. The number of nitrogens with zero attached hydrogens (tertiary/aromatic N) is 3. The fourth-order valence-electron chi connectivity index (χ4n) is 3.47. The Morgan fingerprint density at radius 1 is 1.10 bits per heavy atom. The number of carbonyl (C=O) groups is 1. The van der Waals surface area contributed by atoms with Crippen molar-refractivity contribution in [2.45, 2.75) is 44.6 Å². The molecule has 4 heteroatoms. The normalized spacial score (nSPS) is 23.7. The van der Waals surface area contributed by atoms with Crippen molar-refractivity contribution >= 4 is 12.2 Å². The molecule has 108 valence electrons. The van der Waals surface area contributed by atoms with Crippen LogP contribution in [0.15, 0.2) is 18.3 Å². The summed E-state index contributed by atoms with van der Waals surface area (Å²) in [5.74, 6) is 1.10. The molecule has 0 bridgehead atoms. The molecule has 0 saturated carbocycles. The van der Waals surface area contributed by atoms with Gasteiger partial charge in [0.1, 0.15) is 5.82 Å². The highest BCUT2D eigenvalue weighted by Gasteiger charge is 2.28. The Bertz CT molecular complexity index is 455. The maximum absolute atomic E-state index is 11.2. The third-order valence-electron chi connectivity index (χ3n) is 4.51. The molecule has 0 unspecified atom stereocenters. The van der Waals surface area contributed by atoms with Gasteiger partial charge in [-0.3, -0.25) is 4.79 Å². The summed E-state index contributed by atoms with van der Waals surface area (Å²) in [6.07, 6.45) is 10.2. The molecule has 2 aliphatic rings. The van der Waals surface area contributed by atoms with Gasteiger partial charge in [-0.05, 0) is 31.7 Å². The minimum Gasteiger partial charge on any atom is -0.356 e. The molecule has 2 aliphatic heterocycles. The average Bonchev–Trinajstić information content (AvgIpc) is 2.81. The van der Waals surface area contributed by atoms with Crippen LogP contribution in [0.2, 0.25) is 0 Å². The van der Waals surface area contributed by atoms with Crippen LogP contribution in [0.4, 0.5) is 5.82 Å². The molecule has 20 heavy (non-hydrogen) atoms. The summed E-state index contributed by atoms with van der Waals surface area (Å²) in [5.41, 5.74) is 1.24. The lowest BCUT2D eigenvalue weighted by molar-refractivity contribution is -0.118. The van der Waals surface area contributed by atoms with Crippen molar-refractivity contribution in [2.75, 3.05) is 24.5 Å². The lowest BCUT2D eigenvalue weighted by atomic mass is 10.0. The maximum atomic E-state index is 11.2. The third kappa shape index (κ3) is 2.65. The van der Waals surface area contributed by atoms with Gasteiger partial charge >= 0.3 is 0 Å². The van der Waals surface area contributed by atoms with E-state index in [1.165, 1.54) is 31.2 Å². The zero-order valence-corrected chi connectivity index (χ0v) is 12.0. The number of anilines is 1. The molecule has 3 rings (SSSR count). The van der Waals surface area contributed by atoms with Crippen molar-refractivity contribution < 1.29 is 4.79 Å². The second kappa shape index (κ2) is 6.25. The fourth-order valence-corrected chi connectivity index (χ4v) is 3.47. The zero-order chi connectivity index (χ0) is 13.8. The summed E-state index contributed by atoms with van der Waals surface area (Å²) in [4.78, 5) is 20.2. The van der Waals surface area contributed by atoms with Crippen molar-refractivity contribution in [3.63, 3.8) is 0 Å². The minimum absolute atomic E-state index is 0.222. The summed E-state index contributed by atoms with van der Waals surface area (Å²) in [7, 11) is 0. The quantitative estimate of drug-likeness (QED) is 0.795. The number of carbonyl (C=O) groups excluding carboxylic acids is 1. The Kier molecular flexibility index (Phi) is 4.19. The van der Waals surface area contributed by atoms with Crippen LogP contribution in [0.25, 0.3) is 0 Å². The first kappa shape index (κ1) is 13.4. The molecule has 2 saturated heterocycles. The molecule has 0 aromatic carbocycles. The van der Waals surface area contributed by atoms with Gasteiger partial charge in [0.05, 0.1) is 6.04 Å². The van der Waals surface area contributed by atoms with Gasteiger partial charge in [-0.25, -0.2) is 4.98 Å². The molecule has 1 amide bonds. The summed E-state index contributed by atoms with van der Waals surface area (Å²) in [5, 5.41) is 0. The number of aromatic nitrogens is 1. The van der Waals surface area contributed by atoms with Crippen LogP contribution in [0.5, 0.6) is 0 Å². The maximum Gasteiger partial charge on any atom is 0.210 e. The highest BCUT2D eigenvalue weighted by molar-refractivity contribution is 5.54. The topological polar surface area (TPSA) is 36.4 Å². The van der Waals surface area contributed by atoms with E-state index in [1.54, 1.807) is 0 Å². The highest BCUT2D eigenvalue weighted by Crippen LogP contribution is 2.35.